The number of alkyl halides is 6. The van der Waals surface area contributed by atoms with Crippen molar-refractivity contribution in [2.75, 3.05) is 13.2 Å². The molecule has 0 spiro atoms. The third-order valence-electron chi connectivity index (χ3n) is 3.45. The van der Waals surface area contributed by atoms with Crippen LogP contribution in [0.3, 0.4) is 0 Å². The highest BCUT2D eigenvalue weighted by atomic mass is 35.5. The van der Waals surface area contributed by atoms with Crippen LogP contribution >= 0.6 is 11.6 Å². The Morgan fingerprint density at radius 3 is 2.14 bits per heavy atom. The predicted octanol–water partition coefficient (Wildman–Crippen LogP) is 5.72. The van der Waals surface area contributed by atoms with Crippen molar-refractivity contribution in [1.82, 2.24) is 4.98 Å². The number of nitrogens with zero attached hydrogens (tertiary/aromatic N) is 1. The molecule has 0 aliphatic rings. The molecule has 11 heteroatoms. The maximum atomic E-state index is 13.0. The van der Waals surface area contributed by atoms with E-state index in [2.05, 4.69) is 4.98 Å². The number of phenols is 1. The molecule has 0 fully saturated rings. The first-order valence-electron chi connectivity index (χ1n) is 7.87. The molecule has 0 bridgehead atoms. The van der Waals surface area contributed by atoms with E-state index in [4.69, 9.17) is 21.1 Å². The molecule has 28 heavy (non-hydrogen) atoms. The third kappa shape index (κ3) is 6.08. The van der Waals surface area contributed by atoms with Crippen LogP contribution in [-0.2, 0) is 12.4 Å². The van der Waals surface area contributed by atoms with E-state index in [1.165, 1.54) is 18.2 Å². The first kappa shape index (κ1) is 21.9. The standard InChI is InChI=1S/C17H14ClF6NO3/c18-13-8-11(3-4-14(13)26)27-5-1-2-6-28-15-12(17(22,23)24)7-10(9-25-15)16(19,20)21/h3-4,7-9,26H,1-2,5-6H2. The molecule has 1 aromatic carbocycles. The average Bonchev–Trinajstić information content (AvgIpc) is 2.59. The zero-order chi connectivity index (χ0) is 20.9. The normalized spacial score (nSPS) is 12.1. The first-order chi connectivity index (χ1) is 13.0. The minimum absolute atomic E-state index is 0.0278. The van der Waals surface area contributed by atoms with Crippen molar-refractivity contribution in [2.45, 2.75) is 25.2 Å². The Hall–Kier alpha value is -2.36. The lowest BCUT2D eigenvalue weighted by Crippen LogP contribution is -2.15. The third-order valence-corrected chi connectivity index (χ3v) is 3.75. The lowest BCUT2D eigenvalue weighted by molar-refractivity contribution is -0.144. The number of aromatic hydroxyl groups is 1. The van der Waals surface area contributed by atoms with E-state index in [9.17, 15) is 31.4 Å². The second kappa shape index (κ2) is 8.76. The molecule has 4 nitrogen and oxygen atoms in total. The first-order valence-corrected chi connectivity index (χ1v) is 8.25. The van der Waals surface area contributed by atoms with Crippen LogP contribution in [0.5, 0.6) is 17.4 Å². The maximum absolute atomic E-state index is 13.0. The lowest BCUT2D eigenvalue weighted by atomic mass is 10.2. The van der Waals surface area contributed by atoms with Crippen molar-refractivity contribution < 1.29 is 40.9 Å². The van der Waals surface area contributed by atoms with Gasteiger partial charge in [-0.2, -0.15) is 26.3 Å². The van der Waals surface area contributed by atoms with Crippen molar-refractivity contribution in [1.29, 1.82) is 0 Å². The van der Waals surface area contributed by atoms with Crippen molar-refractivity contribution in [3.63, 3.8) is 0 Å². The van der Waals surface area contributed by atoms with E-state index >= 15 is 0 Å². The molecule has 1 heterocycles. The number of unbranched alkanes of at least 4 members (excludes halogenated alkanes) is 1. The molecule has 154 valence electrons. The summed E-state index contributed by atoms with van der Waals surface area (Å²) in [5.74, 6) is -0.619. The quantitative estimate of drug-likeness (QED) is 0.452. The Bertz CT molecular complexity index is 810. The summed E-state index contributed by atoms with van der Waals surface area (Å²) in [5, 5.41) is 9.39. The van der Waals surface area contributed by atoms with Crippen molar-refractivity contribution in [3.8, 4) is 17.4 Å². The van der Waals surface area contributed by atoms with Gasteiger partial charge in [-0.1, -0.05) is 11.6 Å². The predicted molar refractivity (Wildman–Crippen MR) is 87.6 cm³/mol. The minimum Gasteiger partial charge on any atom is -0.506 e. The molecule has 0 amide bonds. The van der Waals surface area contributed by atoms with E-state index in [0.29, 0.717) is 18.4 Å². The van der Waals surface area contributed by atoms with Gasteiger partial charge in [-0.3, -0.25) is 0 Å². The number of hydrogen-bond acceptors (Lipinski definition) is 4. The number of halogens is 7. The summed E-state index contributed by atoms with van der Waals surface area (Å²) in [7, 11) is 0. The Morgan fingerprint density at radius 2 is 1.57 bits per heavy atom. The summed E-state index contributed by atoms with van der Waals surface area (Å²) in [6, 6.07) is 4.20. The Labute approximate surface area is 160 Å². The summed E-state index contributed by atoms with van der Waals surface area (Å²) in [4.78, 5) is 3.16. The molecule has 1 aromatic heterocycles. The van der Waals surface area contributed by atoms with Gasteiger partial charge in [-0.05, 0) is 31.0 Å². The van der Waals surface area contributed by atoms with E-state index in [1.807, 2.05) is 0 Å². The zero-order valence-corrected chi connectivity index (χ0v) is 14.8. The van der Waals surface area contributed by atoms with Crippen LogP contribution in [0.4, 0.5) is 26.3 Å². The Balaban J connectivity index is 1.87. The summed E-state index contributed by atoms with van der Waals surface area (Å²) >= 11 is 5.72. The highest BCUT2D eigenvalue weighted by Gasteiger charge is 2.39. The molecule has 0 aliphatic carbocycles. The fourth-order valence-corrected chi connectivity index (χ4v) is 2.24. The molecule has 0 aliphatic heterocycles. The summed E-state index contributed by atoms with van der Waals surface area (Å²) in [6.07, 6.45) is -9.03. The molecular formula is C17H14ClF6NO3. The molecular weight excluding hydrogens is 416 g/mol. The fraction of sp³-hybridized carbons (Fsp3) is 0.353. The number of benzene rings is 1. The molecule has 0 saturated heterocycles. The van der Waals surface area contributed by atoms with Crippen LogP contribution in [0.1, 0.15) is 24.0 Å². The second-order valence-electron chi connectivity index (χ2n) is 5.59. The van der Waals surface area contributed by atoms with E-state index < -0.39 is 29.4 Å². The number of pyridine rings is 1. The van der Waals surface area contributed by atoms with Gasteiger partial charge in [0.15, 0.2) is 0 Å². The van der Waals surface area contributed by atoms with Gasteiger partial charge in [0.25, 0.3) is 0 Å². The van der Waals surface area contributed by atoms with Crippen LogP contribution in [0.2, 0.25) is 5.02 Å². The number of ether oxygens (including phenoxy) is 2. The number of phenolic OH excluding ortho intramolecular Hbond substituents is 1. The van der Waals surface area contributed by atoms with Gasteiger partial charge in [-0.15, -0.1) is 0 Å². The number of hydrogen-bond donors (Lipinski definition) is 1. The van der Waals surface area contributed by atoms with E-state index in [1.54, 1.807) is 0 Å². The lowest BCUT2D eigenvalue weighted by Gasteiger charge is -2.15. The number of rotatable bonds is 7. The Morgan fingerprint density at radius 1 is 0.929 bits per heavy atom. The molecule has 0 saturated carbocycles. The highest BCUT2D eigenvalue weighted by molar-refractivity contribution is 6.32. The van der Waals surface area contributed by atoms with Crippen molar-refractivity contribution in [2.24, 2.45) is 0 Å². The van der Waals surface area contributed by atoms with Gasteiger partial charge in [0.2, 0.25) is 5.88 Å². The van der Waals surface area contributed by atoms with Gasteiger partial charge >= 0.3 is 12.4 Å². The molecule has 0 atom stereocenters. The topological polar surface area (TPSA) is 51.6 Å². The molecule has 2 rings (SSSR count). The van der Waals surface area contributed by atoms with Gasteiger partial charge in [0.05, 0.1) is 23.8 Å². The van der Waals surface area contributed by atoms with Crippen molar-refractivity contribution >= 4 is 11.6 Å². The van der Waals surface area contributed by atoms with Crippen LogP contribution < -0.4 is 9.47 Å². The van der Waals surface area contributed by atoms with E-state index in [-0.39, 0.29) is 36.5 Å². The van der Waals surface area contributed by atoms with Crippen LogP contribution in [0.25, 0.3) is 0 Å². The summed E-state index contributed by atoms with van der Waals surface area (Å²) in [5.41, 5.74) is -3.09. The van der Waals surface area contributed by atoms with Gasteiger partial charge < -0.3 is 14.6 Å². The molecule has 1 N–H and O–H groups in total. The fourth-order valence-electron chi connectivity index (χ4n) is 2.07. The number of aromatic nitrogens is 1. The maximum Gasteiger partial charge on any atom is 0.421 e. The van der Waals surface area contributed by atoms with E-state index in [0.717, 1.165) is 0 Å². The molecule has 0 unspecified atom stereocenters. The van der Waals surface area contributed by atoms with Gasteiger partial charge in [-0.25, -0.2) is 4.98 Å². The SMILES string of the molecule is Oc1ccc(OCCCCOc2ncc(C(F)(F)F)cc2C(F)(F)F)cc1Cl. The van der Waals surface area contributed by atoms with Crippen LogP contribution in [0.15, 0.2) is 30.5 Å². The van der Waals surface area contributed by atoms with Crippen LogP contribution in [-0.4, -0.2) is 23.3 Å². The summed E-state index contributed by atoms with van der Waals surface area (Å²) in [6.45, 7) is -0.00181. The summed E-state index contributed by atoms with van der Waals surface area (Å²) < 4.78 is 86.9. The van der Waals surface area contributed by atoms with Gasteiger partial charge in [0, 0.05) is 12.3 Å². The smallest absolute Gasteiger partial charge is 0.421 e. The Kier molecular flexibility index (Phi) is 6.87. The molecule has 2 aromatic rings. The average molecular weight is 430 g/mol. The monoisotopic (exact) mass is 429 g/mol. The molecule has 0 radical (unpaired) electrons. The van der Waals surface area contributed by atoms with Crippen molar-refractivity contribution in [3.05, 3.63) is 46.6 Å². The minimum atomic E-state index is -5.04. The second-order valence-corrected chi connectivity index (χ2v) is 6.00. The zero-order valence-electron chi connectivity index (χ0n) is 14.1. The highest BCUT2D eigenvalue weighted by Crippen LogP contribution is 2.39. The van der Waals surface area contributed by atoms with Gasteiger partial charge in [0.1, 0.15) is 17.1 Å². The van der Waals surface area contributed by atoms with Crippen LogP contribution in [0, 0.1) is 0 Å². The largest absolute Gasteiger partial charge is 0.506 e.